The maximum absolute atomic E-state index is 14.9. The van der Waals surface area contributed by atoms with E-state index in [1.807, 2.05) is 6.92 Å². The van der Waals surface area contributed by atoms with Crippen molar-refractivity contribution in [1.29, 1.82) is 0 Å². The third kappa shape index (κ3) is 6.77. The van der Waals surface area contributed by atoms with Crippen LogP contribution in [-0.4, -0.2) is 132 Å². The van der Waals surface area contributed by atoms with Crippen LogP contribution in [0.5, 0.6) is 0 Å². The molecule has 2 saturated heterocycles. The average molecular weight is 967 g/mol. The number of carboxylic acids is 1. The second-order valence-electron chi connectivity index (χ2n) is 25.3. The first-order valence-electron chi connectivity index (χ1n) is 26.6. The Bertz CT molecular complexity index is 2140. The van der Waals surface area contributed by atoms with Crippen LogP contribution in [0, 0.1) is 67.0 Å². The predicted octanol–water partition coefficient (Wildman–Crippen LogP) is 4.00. The Labute approximate surface area is 406 Å². The fraction of sp³-hybridized carbons (Fsp3) is 0.868. The molecule has 386 valence electrons. The Hall–Kier alpha value is -2.51. The summed E-state index contributed by atoms with van der Waals surface area (Å²) in [5.41, 5.74) is 3.09. The van der Waals surface area contributed by atoms with Gasteiger partial charge in [-0.05, 0) is 147 Å². The van der Waals surface area contributed by atoms with Crippen LogP contribution in [-0.2, 0) is 19.1 Å². The van der Waals surface area contributed by atoms with E-state index in [2.05, 4.69) is 42.1 Å². The van der Waals surface area contributed by atoms with Crippen LogP contribution < -0.4 is 11.1 Å². The van der Waals surface area contributed by atoms with E-state index in [1.54, 1.807) is 12.5 Å². The van der Waals surface area contributed by atoms with Gasteiger partial charge in [-0.25, -0.2) is 4.98 Å². The number of aromatic nitrogens is 2. The lowest BCUT2D eigenvalue weighted by Crippen LogP contribution is -2.77. The highest BCUT2D eigenvalue weighted by molar-refractivity contribution is 5.86. The van der Waals surface area contributed by atoms with Gasteiger partial charge in [0, 0.05) is 35.9 Å². The molecule has 20 atom stereocenters. The van der Waals surface area contributed by atoms with E-state index in [0.29, 0.717) is 64.2 Å². The summed E-state index contributed by atoms with van der Waals surface area (Å²) in [7, 11) is 0. The summed E-state index contributed by atoms with van der Waals surface area (Å²) in [5.74, 6) is -2.33. The summed E-state index contributed by atoms with van der Waals surface area (Å²) < 4.78 is 12.7. The van der Waals surface area contributed by atoms with Gasteiger partial charge in [0.1, 0.15) is 24.5 Å². The summed E-state index contributed by atoms with van der Waals surface area (Å²) in [6, 6.07) is -0.410. The topological polar surface area (TPSA) is 281 Å². The summed E-state index contributed by atoms with van der Waals surface area (Å²) in [4.78, 5) is 36.2. The van der Waals surface area contributed by atoms with Crippen LogP contribution in [0.1, 0.15) is 155 Å². The lowest BCUT2D eigenvalue weighted by molar-refractivity contribution is -0.359. The standard InChI is InChI=1S/C53H82N4O12/c1-46(26-58)18-19-51(45(66)67)20-21-52-14-7-15-53(17-10-30(52)33(51)23-46)48(52,3)16-11-36-47(2,27-59)42(69-43-41(64)40(63)35(60)25-68-43)39(62)32(49(36,53)4)22-31-38(57-44(65)50(31)12-5-6-13-50)29(8-9-37(54)61)34-24-55-28-56-34/h10,24,28-29,31-33,35-43,58-64H,5-9,11-23,25-27,54H2,1-4H3,(H,55,56)(H,57,65)(H,66,67)/t29-,31-,32-,33+,35-,36-,37+,38-,39-,40+,41-,42-,43+,46+,47+,48+,49+,51+,52-,53+/m1/s1. The number of nitrogens with one attached hydrogen (secondary N) is 2. The maximum Gasteiger partial charge on any atom is 0.310 e. The van der Waals surface area contributed by atoms with Crippen molar-refractivity contribution in [2.75, 3.05) is 19.8 Å². The monoisotopic (exact) mass is 967 g/mol. The van der Waals surface area contributed by atoms with Crippen molar-refractivity contribution in [2.45, 2.75) is 198 Å². The molecule has 8 fully saturated rings. The van der Waals surface area contributed by atoms with Crippen molar-refractivity contribution < 1.29 is 59.9 Å². The molecule has 12 N–H and O–H groups in total. The number of hydrogen-bond acceptors (Lipinski definition) is 13. The Morgan fingerprint density at radius 1 is 0.913 bits per heavy atom. The number of ether oxygens (including phenoxy) is 2. The summed E-state index contributed by atoms with van der Waals surface area (Å²) in [6.07, 6.45) is 8.70. The van der Waals surface area contributed by atoms with Gasteiger partial charge in [0.25, 0.3) is 0 Å². The molecule has 1 amide bonds. The van der Waals surface area contributed by atoms with E-state index in [-0.39, 0.29) is 66.7 Å². The number of carboxylic acid groups (broad SMARTS) is 1. The molecule has 16 nitrogen and oxygen atoms in total. The van der Waals surface area contributed by atoms with Gasteiger partial charge in [-0.15, -0.1) is 0 Å². The van der Waals surface area contributed by atoms with Gasteiger partial charge in [-0.3, -0.25) is 9.59 Å². The van der Waals surface area contributed by atoms with Gasteiger partial charge in [-0.1, -0.05) is 58.6 Å². The van der Waals surface area contributed by atoms with Crippen molar-refractivity contribution in [1.82, 2.24) is 15.3 Å². The molecule has 0 unspecified atom stereocenters. The largest absolute Gasteiger partial charge is 0.481 e. The van der Waals surface area contributed by atoms with E-state index in [4.69, 9.17) is 15.2 Å². The minimum Gasteiger partial charge on any atom is -0.481 e. The first-order chi connectivity index (χ1) is 32.7. The highest BCUT2D eigenvalue weighted by atomic mass is 16.7. The highest BCUT2D eigenvalue weighted by Gasteiger charge is 2.80. The molecule has 0 radical (unpaired) electrons. The Kier molecular flexibility index (Phi) is 12.5. The number of amides is 1. The number of allylic oxidation sites excluding steroid dienone is 2. The third-order valence-electron chi connectivity index (χ3n) is 23.0. The van der Waals surface area contributed by atoms with E-state index >= 15 is 0 Å². The van der Waals surface area contributed by atoms with E-state index < -0.39 is 93.5 Å². The minimum absolute atomic E-state index is 0.000491. The number of aliphatic carboxylic acids is 1. The van der Waals surface area contributed by atoms with Gasteiger partial charge in [0.15, 0.2) is 6.29 Å². The molecule has 2 spiro atoms. The Morgan fingerprint density at radius 3 is 2.32 bits per heavy atom. The lowest BCUT2D eigenvalue weighted by atomic mass is 9.24. The molecule has 10 rings (SSSR count). The second kappa shape index (κ2) is 17.3. The molecule has 2 bridgehead atoms. The number of carbonyl (C=O) groups is 2. The number of hydrogen-bond donors (Lipinski definition) is 11. The molecule has 6 saturated carbocycles. The predicted molar refractivity (Wildman–Crippen MR) is 251 cm³/mol. The quantitative estimate of drug-likeness (QED) is 0.0803. The van der Waals surface area contributed by atoms with Gasteiger partial charge in [-0.2, -0.15) is 0 Å². The maximum atomic E-state index is 14.9. The number of rotatable bonds is 12. The normalized spacial score (nSPS) is 49.7. The van der Waals surface area contributed by atoms with Gasteiger partial charge < -0.3 is 66.4 Å². The minimum atomic E-state index is -1.63. The molecule has 7 aliphatic carbocycles. The fourth-order valence-electron chi connectivity index (χ4n) is 19.3. The zero-order valence-corrected chi connectivity index (χ0v) is 41.3. The van der Waals surface area contributed by atoms with E-state index in [9.17, 15) is 50.4 Å². The van der Waals surface area contributed by atoms with Crippen molar-refractivity contribution >= 4 is 11.9 Å². The molecule has 0 aromatic carbocycles. The van der Waals surface area contributed by atoms with Crippen molar-refractivity contribution in [2.24, 2.45) is 72.7 Å². The number of aliphatic hydroxyl groups is 7. The first-order valence-corrected chi connectivity index (χ1v) is 26.6. The van der Waals surface area contributed by atoms with E-state index in [1.165, 1.54) is 5.57 Å². The molecule has 1 aromatic heterocycles. The van der Waals surface area contributed by atoms with Crippen LogP contribution in [0.2, 0.25) is 0 Å². The zero-order valence-electron chi connectivity index (χ0n) is 41.3. The molecule has 2 aliphatic heterocycles. The number of nitrogens with two attached hydrogens (primary N) is 1. The number of fused-ring (bicyclic) bond motifs is 3. The molecular weight excluding hydrogens is 885 g/mol. The van der Waals surface area contributed by atoms with Crippen molar-refractivity contribution in [3.05, 3.63) is 29.9 Å². The number of H-pyrrole nitrogens is 1. The summed E-state index contributed by atoms with van der Waals surface area (Å²) in [6.45, 7) is 8.28. The summed E-state index contributed by atoms with van der Waals surface area (Å²) >= 11 is 0. The molecule has 3 heterocycles. The van der Waals surface area contributed by atoms with Crippen LogP contribution >= 0.6 is 0 Å². The van der Waals surface area contributed by atoms with Gasteiger partial charge in [0.05, 0.1) is 42.6 Å². The van der Waals surface area contributed by atoms with Crippen LogP contribution in [0.25, 0.3) is 0 Å². The van der Waals surface area contributed by atoms with Gasteiger partial charge in [0.2, 0.25) is 5.91 Å². The van der Waals surface area contributed by atoms with Crippen LogP contribution in [0.15, 0.2) is 24.2 Å². The smallest absolute Gasteiger partial charge is 0.310 e. The van der Waals surface area contributed by atoms with E-state index in [0.717, 1.165) is 50.6 Å². The van der Waals surface area contributed by atoms with Crippen molar-refractivity contribution in [3.63, 3.8) is 0 Å². The molecule has 9 aliphatic rings. The lowest BCUT2D eigenvalue weighted by Gasteiger charge is -2.80. The van der Waals surface area contributed by atoms with Gasteiger partial charge >= 0.3 is 5.97 Å². The second-order valence-corrected chi connectivity index (χ2v) is 25.3. The zero-order chi connectivity index (χ0) is 49.3. The fourth-order valence-corrected chi connectivity index (χ4v) is 19.3. The number of aromatic amines is 1. The summed E-state index contributed by atoms with van der Waals surface area (Å²) in [5, 5.41) is 94.3. The number of aliphatic hydroxyl groups excluding tert-OH is 7. The number of carbonyl (C=O) groups excluding carboxylic acids is 1. The van der Waals surface area contributed by atoms with Crippen LogP contribution in [0.4, 0.5) is 0 Å². The SMILES string of the molecule is C[C@]1(CO)CC[C@]2(C(=O)O)CC[C@]34CCC[C@@]5(CC=C3[C@@H]2C1)[C@@]1(C)[C@H](C[C@@H]2[C@@H]([C@H](CC[C@@H](N)O)c3cnc[nH]3)NC(=O)C23CCCC3)[C@@H](O)[C@@H](O[C@@H]2OC[C@@H](O)[C@H](O)[C@H]2O)[C@@](C)(CO)[C@H]1CC[C@@]45C. The molecule has 16 heteroatoms. The Balaban J connectivity index is 1.15. The Morgan fingerprint density at radius 2 is 1.65 bits per heavy atom. The first kappa shape index (κ1) is 50.0. The number of nitrogens with zero attached hydrogens (tertiary/aromatic N) is 1. The molecule has 69 heavy (non-hydrogen) atoms. The van der Waals surface area contributed by atoms with Crippen LogP contribution in [0.3, 0.4) is 0 Å². The molecule has 1 aromatic rings. The molecular formula is C53H82N4O12. The third-order valence-corrected chi connectivity index (χ3v) is 23.0. The van der Waals surface area contributed by atoms with Crippen molar-refractivity contribution in [3.8, 4) is 0 Å². The average Bonchev–Trinajstić information content (AvgIpc) is 4.09. The highest BCUT2D eigenvalue weighted by Crippen LogP contribution is 2.85. The number of imidazole rings is 1.